The number of rotatable bonds is 22. The van der Waals surface area contributed by atoms with Crippen LogP contribution in [-0.4, -0.2) is 47.5 Å². The van der Waals surface area contributed by atoms with Crippen LogP contribution in [0.25, 0.3) is 0 Å². The molecule has 0 fully saturated rings. The third-order valence-corrected chi connectivity index (χ3v) is 7.76. The molecule has 0 aromatic heterocycles. The van der Waals surface area contributed by atoms with Crippen LogP contribution in [0.1, 0.15) is 117 Å². The number of nitrogens with zero attached hydrogens (tertiary/aromatic N) is 1. The Kier molecular flexibility index (Phi) is 26.8. The van der Waals surface area contributed by atoms with Gasteiger partial charge < -0.3 is 32.9 Å². The van der Waals surface area contributed by atoms with Crippen LogP contribution in [0.4, 0.5) is 0 Å². The minimum absolute atomic E-state index is 0. The highest BCUT2D eigenvalue weighted by Crippen LogP contribution is 2.15. The summed E-state index contributed by atoms with van der Waals surface area (Å²) in [6.07, 6.45) is 21.8. The van der Waals surface area contributed by atoms with Gasteiger partial charge in [0.15, 0.2) is 9.76 Å². The van der Waals surface area contributed by atoms with Crippen molar-refractivity contribution in [3.05, 3.63) is 0 Å². The van der Waals surface area contributed by atoms with Crippen LogP contribution in [0, 0.1) is 0 Å². The third-order valence-electron chi connectivity index (χ3n) is 6.56. The first-order valence-corrected chi connectivity index (χ1v) is 14.2. The quantitative estimate of drug-likeness (QED) is 0.0899. The molecule has 0 saturated heterocycles. The molecule has 0 aromatic rings. The lowest BCUT2D eigenvalue weighted by Crippen LogP contribution is -3.00. The van der Waals surface area contributed by atoms with Gasteiger partial charge in [0, 0.05) is 7.11 Å². The molecule has 0 heterocycles. The van der Waals surface area contributed by atoms with Crippen LogP contribution in [-0.2, 0) is 4.43 Å². The molecule has 4 heteroatoms. The standard InChI is InChI=1S/C24H54NOSi.HI/c1-5-8-9-10-11-12-13-14-15-16-17-18-19-20-22-25(6-2,7-3)23-21-24-27-26-4;/h5-24,27H2,1-4H3;1H/q+1;/p-1. The van der Waals surface area contributed by atoms with Crippen LogP contribution < -0.4 is 24.0 Å². The molecular formula is C24H54INOSi. The Morgan fingerprint density at radius 1 is 0.571 bits per heavy atom. The molecule has 0 unspecified atom stereocenters. The molecule has 172 valence electrons. The monoisotopic (exact) mass is 527 g/mol. The van der Waals surface area contributed by atoms with Crippen LogP contribution in [0.5, 0.6) is 0 Å². The van der Waals surface area contributed by atoms with Crippen molar-refractivity contribution in [2.24, 2.45) is 0 Å². The first-order valence-electron chi connectivity index (χ1n) is 12.6. The largest absolute Gasteiger partial charge is 1.00 e. The predicted octanol–water partition coefficient (Wildman–Crippen LogP) is 3.87. The predicted molar refractivity (Wildman–Crippen MR) is 126 cm³/mol. The Labute approximate surface area is 198 Å². The molecule has 0 aliphatic carbocycles. The summed E-state index contributed by atoms with van der Waals surface area (Å²) in [6.45, 7) is 12.5. The average molecular weight is 528 g/mol. The lowest BCUT2D eigenvalue weighted by molar-refractivity contribution is -0.925. The van der Waals surface area contributed by atoms with Gasteiger partial charge in [0.25, 0.3) is 0 Å². The van der Waals surface area contributed by atoms with Crippen molar-refractivity contribution in [2.45, 2.75) is 123 Å². The van der Waals surface area contributed by atoms with Gasteiger partial charge in [-0.15, -0.1) is 0 Å². The molecule has 0 radical (unpaired) electrons. The summed E-state index contributed by atoms with van der Waals surface area (Å²) in [5.74, 6) is 0. The average Bonchev–Trinajstić information content (AvgIpc) is 2.70. The molecule has 0 spiro atoms. The highest BCUT2D eigenvalue weighted by atomic mass is 127. The molecule has 0 bridgehead atoms. The fourth-order valence-electron chi connectivity index (χ4n) is 4.30. The van der Waals surface area contributed by atoms with Crippen molar-refractivity contribution in [2.75, 3.05) is 33.3 Å². The first kappa shape index (κ1) is 31.1. The van der Waals surface area contributed by atoms with Gasteiger partial charge in [-0.05, 0) is 39.2 Å². The number of quaternary nitrogens is 1. The molecule has 0 amide bonds. The van der Waals surface area contributed by atoms with E-state index < -0.39 is 0 Å². The van der Waals surface area contributed by atoms with Crippen molar-refractivity contribution < 1.29 is 32.9 Å². The zero-order valence-electron chi connectivity index (χ0n) is 20.1. The van der Waals surface area contributed by atoms with E-state index in [0.29, 0.717) is 0 Å². The van der Waals surface area contributed by atoms with Gasteiger partial charge in [-0.25, -0.2) is 0 Å². The van der Waals surface area contributed by atoms with Crippen LogP contribution in [0.15, 0.2) is 0 Å². The molecule has 0 atom stereocenters. The van der Waals surface area contributed by atoms with Gasteiger partial charge >= 0.3 is 0 Å². The molecule has 0 aliphatic heterocycles. The van der Waals surface area contributed by atoms with Crippen molar-refractivity contribution in [3.8, 4) is 0 Å². The van der Waals surface area contributed by atoms with E-state index in [0.717, 1.165) is 0 Å². The molecule has 0 rings (SSSR count). The summed E-state index contributed by atoms with van der Waals surface area (Å²) in [4.78, 5) is 0. The Morgan fingerprint density at radius 2 is 0.964 bits per heavy atom. The molecule has 0 N–H and O–H groups in total. The van der Waals surface area contributed by atoms with Gasteiger partial charge in [-0.3, -0.25) is 0 Å². The van der Waals surface area contributed by atoms with Crippen LogP contribution >= 0.6 is 0 Å². The van der Waals surface area contributed by atoms with Gasteiger partial charge in [-0.1, -0.05) is 84.0 Å². The van der Waals surface area contributed by atoms with Crippen LogP contribution in [0.2, 0.25) is 6.04 Å². The Morgan fingerprint density at radius 3 is 1.36 bits per heavy atom. The van der Waals surface area contributed by atoms with E-state index >= 15 is 0 Å². The summed E-state index contributed by atoms with van der Waals surface area (Å²) >= 11 is 0. The van der Waals surface area contributed by atoms with Crippen molar-refractivity contribution in [1.29, 1.82) is 0 Å². The van der Waals surface area contributed by atoms with E-state index in [4.69, 9.17) is 4.43 Å². The lowest BCUT2D eigenvalue weighted by Gasteiger charge is -2.37. The number of halogens is 1. The summed E-state index contributed by atoms with van der Waals surface area (Å²) in [6, 6.07) is 1.36. The Hall–Kier alpha value is 0.867. The van der Waals surface area contributed by atoms with E-state index in [-0.39, 0.29) is 33.7 Å². The summed E-state index contributed by atoms with van der Waals surface area (Å²) in [7, 11) is 1.66. The molecule has 0 saturated carbocycles. The topological polar surface area (TPSA) is 9.23 Å². The number of hydrogen-bond donors (Lipinski definition) is 0. The van der Waals surface area contributed by atoms with E-state index in [2.05, 4.69) is 20.8 Å². The van der Waals surface area contributed by atoms with E-state index in [1.807, 2.05) is 7.11 Å². The van der Waals surface area contributed by atoms with Crippen LogP contribution in [0.3, 0.4) is 0 Å². The lowest BCUT2D eigenvalue weighted by atomic mass is 10.0. The second-order valence-corrected chi connectivity index (χ2v) is 10.4. The normalized spacial score (nSPS) is 12.0. The maximum absolute atomic E-state index is 5.34. The number of hydrogen-bond acceptors (Lipinski definition) is 1. The fourth-order valence-corrected chi connectivity index (χ4v) is 5.02. The van der Waals surface area contributed by atoms with E-state index in [1.54, 1.807) is 0 Å². The smallest absolute Gasteiger partial charge is 0.161 e. The SMILES string of the molecule is CCCCCCCCCCCCCCCC[N+](CC)(CC)CCC[SiH2]OC.[I-]. The molecule has 28 heavy (non-hydrogen) atoms. The van der Waals surface area contributed by atoms with Gasteiger partial charge in [0.1, 0.15) is 0 Å². The summed E-state index contributed by atoms with van der Waals surface area (Å²) in [5.41, 5.74) is 0. The van der Waals surface area contributed by atoms with E-state index in [9.17, 15) is 0 Å². The van der Waals surface area contributed by atoms with Gasteiger partial charge in [0.2, 0.25) is 0 Å². The zero-order valence-corrected chi connectivity index (χ0v) is 23.7. The second kappa shape index (κ2) is 24.1. The minimum Gasteiger partial charge on any atom is -1.00 e. The highest BCUT2D eigenvalue weighted by Gasteiger charge is 2.21. The maximum Gasteiger partial charge on any atom is 0.161 e. The summed E-state index contributed by atoms with van der Waals surface area (Å²) < 4.78 is 6.69. The highest BCUT2D eigenvalue weighted by molar-refractivity contribution is 6.26. The minimum atomic E-state index is -0.219. The maximum atomic E-state index is 5.34. The molecule has 0 aromatic carbocycles. The van der Waals surface area contributed by atoms with Gasteiger partial charge in [0.05, 0.1) is 26.2 Å². The molecule has 2 nitrogen and oxygen atoms in total. The zero-order chi connectivity index (χ0) is 20.1. The molecular weight excluding hydrogens is 473 g/mol. The van der Waals surface area contributed by atoms with E-state index in [1.165, 1.54) is 133 Å². The third kappa shape index (κ3) is 18.9. The van der Waals surface area contributed by atoms with Crippen molar-refractivity contribution >= 4 is 9.76 Å². The molecule has 0 aliphatic rings. The van der Waals surface area contributed by atoms with Gasteiger partial charge in [-0.2, -0.15) is 0 Å². The number of unbranched alkanes of at least 4 members (excludes halogenated alkanes) is 13. The second-order valence-electron chi connectivity index (χ2n) is 8.72. The van der Waals surface area contributed by atoms with Crippen molar-refractivity contribution in [1.82, 2.24) is 0 Å². The Balaban J connectivity index is 0. The summed E-state index contributed by atoms with van der Waals surface area (Å²) in [5, 5.41) is 0. The fraction of sp³-hybridized carbons (Fsp3) is 1.00. The Bertz CT molecular complexity index is 288. The van der Waals surface area contributed by atoms with Crippen molar-refractivity contribution in [3.63, 3.8) is 0 Å². The first-order chi connectivity index (χ1) is 13.2.